The van der Waals surface area contributed by atoms with E-state index in [1.165, 1.54) is 5.57 Å². The summed E-state index contributed by atoms with van der Waals surface area (Å²) in [4.78, 5) is 0. The Balaban J connectivity index is 1.50. The highest BCUT2D eigenvalue weighted by Gasteiger charge is 2.48. The van der Waals surface area contributed by atoms with Gasteiger partial charge in [-0.3, -0.25) is 16.0 Å². The summed E-state index contributed by atoms with van der Waals surface area (Å²) in [5.41, 5.74) is 1.27. The summed E-state index contributed by atoms with van der Waals surface area (Å²) in [7, 11) is 1.97. The second-order valence-corrected chi connectivity index (χ2v) is 9.59. The summed E-state index contributed by atoms with van der Waals surface area (Å²) in [6.07, 6.45) is 7.65. The van der Waals surface area contributed by atoms with E-state index in [1.807, 2.05) is 7.05 Å². The first-order valence-corrected chi connectivity index (χ1v) is 11.7. The second-order valence-electron chi connectivity index (χ2n) is 9.59. The normalized spacial score (nSPS) is 46.5. The summed E-state index contributed by atoms with van der Waals surface area (Å²) in [6, 6.07) is 0.704. The number of ether oxygens (including phenoxy) is 1. The predicted molar refractivity (Wildman–Crippen MR) is 114 cm³/mol. The van der Waals surface area contributed by atoms with E-state index in [0.717, 1.165) is 51.7 Å². The highest BCUT2D eigenvalue weighted by atomic mass is 19.1. The molecule has 5 N–H and O–H groups in total. The third-order valence-electron chi connectivity index (χ3n) is 7.39. The summed E-state index contributed by atoms with van der Waals surface area (Å²) >= 11 is 0. The van der Waals surface area contributed by atoms with Crippen molar-refractivity contribution in [1.82, 2.24) is 26.6 Å². The molecule has 1 saturated carbocycles. The number of halogens is 1. The lowest BCUT2D eigenvalue weighted by Gasteiger charge is -2.49. The van der Waals surface area contributed by atoms with Crippen LogP contribution in [-0.2, 0) is 4.74 Å². The fourth-order valence-electron chi connectivity index (χ4n) is 5.79. The van der Waals surface area contributed by atoms with Gasteiger partial charge >= 0.3 is 0 Å². The zero-order chi connectivity index (χ0) is 20.4. The molecule has 3 aliphatic heterocycles. The summed E-state index contributed by atoms with van der Waals surface area (Å²) in [5, 5.41) is 17.5. The second kappa shape index (κ2) is 9.71. The number of rotatable bonds is 4. The maximum absolute atomic E-state index is 16.1. The molecule has 4 aliphatic rings. The largest absolute Gasteiger partial charge is 0.377 e. The van der Waals surface area contributed by atoms with Crippen molar-refractivity contribution >= 4 is 0 Å². The number of nitrogens with one attached hydrogen (secondary N) is 5. The number of fused-ring (bicyclic) bond motifs is 1. The summed E-state index contributed by atoms with van der Waals surface area (Å²) < 4.78 is 22.3. The van der Waals surface area contributed by atoms with Gasteiger partial charge in [0.05, 0.1) is 12.3 Å². The quantitative estimate of drug-likeness (QED) is 0.455. The molecule has 8 unspecified atom stereocenters. The van der Waals surface area contributed by atoms with E-state index < -0.39 is 6.17 Å². The summed E-state index contributed by atoms with van der Waals surface area (Å²) in [5.74, 6) is 0.314. The van der Waals surface area contributed by atoms with Crippen molar-refractivity contribution in [1.29, 1.82) is 0 Å². The molecule has 1 aliphatic carbocycles. The van der Waals surface area contributed by atoms with Gasteiger partial charge in [-0.2, -0.15) is 0 Å². The fourth-order valence-corrected chi connectivity index (χ4v) is 5.79. The first kappa shape index (κ1) is 21.7. The zero-order valence-corrected chi connectivity index (χ0v) is 18.2. The minimum atomic E-state index is -0.928. The molecule has 0 amide bonds. The van der Waals surface area contributed by atoms with Gasteiger partial charge in [-0.25, -0.2) is 4.39 Å². The molecule has 9 atom stereocenters. The molecule has 166 valence electrons. The average Bonchev–Trinajstić information content (AvgIpc) is 2.92. The third-order valence-corrected chi connectivity index (χ3v) is 7.39. The van der Waals surface area contributed by atoms with Crippen molar-refractivity contribution in [2.45, 2.75) is 95.2 Å². The summed E-state index contributed by atoms with van der Waals surface area (Å²) in [6.45, 7) is 6.01. The molecule has 3 heterocycles. The van der Waals surface area contributed by atoms with E-state index in [0.29, 0.717) is 18.0 Å². The minimum absolute atomic E-state index is 0.0349. The molecular formula is C22H40FN5O. The number of hydrogen-bond donors (Lipinski definition) is 5. The van der Waals surface area contributed by atoms with Crippen molar-refractivity contribution in [2.24, 2.45) is 11.8 Å². The molecular weight excluding hydrogens is 369 g/mol. The van der Waals surface area contributed by atoms with E-state index in [1.54, 1.807) is 0 Å². The molecule has 0 aromatic heterocycles. The van der Waals surface area contributed by atoms with Crippen LogP contribution in [0.4, 0.5) is 4.39 Å². The Morgan fingerprint density at radius 1 is 1.14 bits per heavy atom. The van der Waals surface area contributed by atoms with Crippen LogP contribution in [0.3, 0.4) is 0 Å². The lowest BCUT2D eigenvalue weighted by molar-refractivity contribution is -0.105. The molecule has 0 bridgehead atoms. The van der Waals surface area contributed by atoms with Crippen molar-refractivity contribution in [2.75, 3.05) is 20.2 Å². The standard InChI is InChI=1S/C22H40FN5O/c1-13-6-7-15(8-9-25-13)19-20(23)17(12-16-5-4-10-29-21(16)19)27-22-26-14(2)11-18(24-3)28-22/h8,13-14,16-22,24-28H,4-7,9-12H2,1-3H3/t13-,14?,16?,17?,18?,19?,20?,21?,22?/m1/s1. The Labute approximate surface area is 175 Å². The molecule has 6 nitrogen and oxygen atoms in total. The van der Waals surface area contributed by atoms with Crippen LogP contribution in [0.1, 0.15) is 52.4 Å². The number of hydrogen-bond acceptors (Lipinski definition) is 6. The van der Waals surface area contributed by atoms with Crippen molar-refractivity contribution in [3.8, 4) is 0 Å². The lowest BCUT2D eigenvalue weighted by atomic mass is 9.68. The molecule has 0 aromatic rings. The highest BCUT2D eigenvalue weighted by molar-refractivity contribution is 5.18. The average molecular weight is 410 g/mol. The van der Waals surface area contributed by atoms with Gasteiger partial charge < -0.3 is 15.4 Å². The highest BCUT2D eigenvalue weighted by Crippen LogP contribution is 2.43. The maximum Gasteiger partial charge on any atom is 0.124 e. The fraction of sp³-hybridized carbons (Fsp3) is 0.909. The Morgan fingerprint density at radius 2 is 2.00 bits per heavy atom. The number of alkyl halides is 1. The van der Waals surface area contributed by atoms with Crippen molar-refractivity contribution in [3.05, 3.63) is 11.6 Å². The third kappa shape index (κ3) is 5.02. The topological polar surface area (TPSA) is 69.4 Å². The van der Waals surface area contributed by atoms with Gasteiger partial charge in [0.15, 0.2) is 0 Å². The molecule has 7 heteroatoms. The Bertz CT molecular complexity index is 575. The molecule has 3 fully saturated rings. The van der Waals surface area contributed by atoms with E-state index >= 15 is 4.39 Å². The van der Waals surface area contributed by atoms with E-state index in [2.05, 4.69) is 46.5 Å². The van der Waals surface area contributed by atoms with Crippen molar-refractivity contribution < 1.29 is 9.13 Å². The Hall–Kier alpha value is -0.570. The van der Waals surface area contributed by atoms with E-state index in [-0.39, 0.29) is 30.5 Å². The van der Waals surface area contributed by atoms with Gasteiger partial charge in [0.25, 0.3) is 0 Å². The van der Waals surface area contributed by atoms with Crippen LogP contribution in [0, 0.1) is 11.8 Å². The van der Waals surface area contributed by atoms with Gasteiger partial charge in [-0.15, -0.1) is 0 Å². The van der Waals surface area contributed by atoms with Crippen LogP contribution in [0.5, 0.6) is 0 Å². The van der Waals surface area contributed by atoms with Gasteiger partial charge in [0, 0.05) is 37.2 Å². The van der Waals surface area contributed by atoms with Crippen LogP contribution in [0.2, 0.25) is 0 Å². The molecule has 0 aromatic carbocycles. The molecule has 4 rings (SSSR count). The SMILES string of the molecule is CNC1CC(C)NC(NC2CC3CCCOC3C(C3=CCN[C@H](C)CC3)C2F)N1. The lowest BCUT2D eigenvalue weighted by Crippen LogP contribution is -2.69. The van der Waals surface area contributed by atoms with Crippen LogP contribution < -0.4 is 26.6 Å². The zero-order valence-electron chi connectivity index (χ0n) is 18.2. The molecule has 0 spiro atoms. The van der Waals surface area contributed by atoms with E-state index in [9.17, 15) is 0 Å². The van der Waals surface area contributed by atoms with Gasteiger partial charge in [0.1, 0.15) is 12.5 Å². The Morgan fingerprint density at radius 3 is 2.83 bits per heavy atom. The Kier molecular flexibility index (Phi) is 7.25. The first-order chi connectivity index (χ1) is 14.0. The molecule has 29 heavy (non-hydrogen) atoms. The molecule has 2 saturated heterocycles. The maximum atomic E-state index is 16.1. The minimum Gasteiger partial charge on any atom is -0.377 e. The van der Waals surface area contributed by atoms with Crippen LogP contribution in [0.25, 0.3) is 0 Å². The predicted octanol–water partition coefficient (Wildman–Crippen LogP) is 1.60. The van der Waals surface area contributed by atoms with Crippen LogP contribution >= 0.6 is 0 Å². The smallest absolute Gasteiger partial charge is 0.124 e. The van der Waals surface area contributed by atoms with Gasteiger partial charge in [-0.05, 0) is 65.3 Å². The van der Waals surface area contributed by atoms with Crippen LogP contribution in [0.15, 0.2) is 11.6 Å². The van der Waals surface area contributed by atoms with Gasteiger partial charge in [0.2, 0.25) is 0 Å². The first-order valence-electron chi connectivity index (χ1n) is 11.7. The van der Waals surface area contributed by atoms with E-state index in [4.69, 9.17) is 4.74 Å². The monoisotopic (exact) mass is 409 g/mol. The van der Waals surface area contributed by atoms with Crippen LogP contribution in [-0.4, -0.2) is 63.1 Å². The molecule has 0 radical (unpaired) electrons. The van der Waals surface area contributed by atoms with Gasteiger partial charge in [-0.1, -0.05) is 11.6 Å². The van der Waals surface area contributed by atoms with Crippen molar-refractivity contribution in [3.63, 3.8) is 0 Å².